The van der Waals surface area contributed by atoms with Crippen molar-refractivity contribution >= 4 is 33.2 Å². The fourth-order valence-electron chi connectivity index (χ4n) is 2.22. The van der Waals surface area contributed by atoms with Gasteiger partial charge >= 0.3 is 0 Å². The summed E-state index contributed by atoms with van der Waals surface area (Å²) in [5.41, 5.74) is 2.02. The molecule has 0 aliphatic carbocycles. The minimum Gasteiger partial charge on any atom is -0.496 e. The van der Waals surface area contributed by atoms with Crippen molar-refractivity contribution in [3.8, 4) is 5.75 Å². The molecule has 0 unspecified atom stereocenters. The molecule has 0 atom stereocenters. The van der Waals surface area contributed by atoms with E-state index < -0.39 is 15.9 Å². The van der Waals surface area contributed by atoms with Crippen LogP contribution in [0.5, 0.6) is 5.75 Å². The van der Waals surface area contributed by atoms with E-state index in [-0.39, 0.29) is 12.3 Å². The second-order valence-electron chi connectivity index (χ2n) is 5.45. The molecule has 0 fully saturated rings. The van der Waals surface area contributed by atoms with Crippen LogP contribution < -0.4 is 14.8 Å². The fraction of sp³-hybridized carbons (Fsp3) is 0.235. The van der Waals surface area contributed by atoms with E-state index in [0.717, 1.165) is 5.56 Å². The number of anilines is 1. The topological polar surface area (TPSA) is 84.5 Å². The molecule has 25 heavy (non-hydrogen) atoms. The Morgan fingerprint density at radius 2 is 1.96 bits per heavy atom. The number of amides is 1. The van der Waals surface area contributed by atoms with E-state index in [4.69, 9.17) is 16.3 Å². The maximum atomic E-state index is 12.2. The summed E-state index contributed by atoms with van der Waals surface area (Å²) in [6, 6.07) is 12.0. The molecule has 6 nitrogen and oxygen atoms in total. The molecule has 0 radical (unpaired) electrons. The summed E-state index contributed by atoms with van der Waals surface area (Å²) in [6.07, 6.45) is 0. The highest BCUT2D eigenvalue weighted by atomic mass is 35.5. The minimum absolute atomic E-state index is 0.339. The first-order valence-electron chi connectivity index (χ1n) is 7.45. The Morgan fingerprint density at radius 3 is 2.64 bits per heavy atom. The smallest absolute Gasteiger partial charge is 0.239 e. The molecule has 2 rings (SSSR count). The van der Waals surface area contributed by atoms with Crippen molar-refractivity contribution in [1.82, 2.24) is 4.72 Å². The molecular weight excluding hydrogens is 364 g/mol. The molecule has 134 valence electrons. The molecule has 1 amide bonds. The van der Waals surface area contributed by atoms with Gasteiger partial charge in [-0.2, -0.15) is 0 Å². The van der Waals surface area contributed by atoms with Crippen LogP contribution in [0.4, 0.5) is 5.69 Å². The summed E-state index contributed by atoms with van der Waals surface area (Å²) >= 11 is 5.90. The average molecular weight is 383 g/mol. The number of benzene rings is 2. The van der Waals surface area contributed by atoms with Gasteiger partial charge in [-0.05, 0) is 42.8 Å². The van der Waals surface area contributed by atoms with Crippen molar-refractivity contribution in [2.45, 2.75) is 12.7 Å². The second kappa shape index (κ2) is 8.33. The third-order valence-corrected chi connectivity index (χ3v) is 4.85. The lowest BCUT2D eigenvalue weighted by Crippen LogP contribution is -2.33. The number of ether oxygens (including phenoxy) is 1. The number of halogens is 1. The Hall–Kier alpha value is -2.09. The highest BCUT2D eigenvalue weighted by Crippen LogP contribution is 2.24. The maximum Gasteiger partial charge on any atom is 0.239 e. The highest BCUT2D eigenvalue weighted by molar-refractivity contribution is 7.88. The zero-order valence-electron chi connectivity index (χ0n) is 13.9. The molecule has 0 saturated heterocycles. The van der Waals surface area contributed by atoms with Crippen LogP contribution in [0.3, 0.4) is 0 Å². The number of methoxy groups -OCH3 is 1. The van der Waals surface area contributed by atoms with Crippen LogP contribution in [0.2, 0.25) is 5.02 Å². The SMILES string of the molecule is COc1ccc(Cl)cc1CS(=O)(=O)NCC(=O)Nc1cccc(C)c1. The van der Waals surface area contributed by atoms with Crippen molar-refractivity contribution < 1.29 is 17.9 Å². The van der Waals surface area contributed by atoms with E-state index in [9.17, 15) is 13.2 Å². The largest absolute Gasteiger partial charge is 0.496 e. The van der Waals surface area contributed by atoms with Crippen molar-refractivity contribution in [2.24, 2.45) is 0 Å². The number of rotatable bonds is 7. The number of carbonyl (C=O) groups excluding carboxylic acids is 1. The molecule has 2 aromatic rings. The summed E-state index contributed by atoms with van der Waals surface area (Å²) in [5, 5.41) is 3.04. The van der Waals surface area contributed by atoms with Gasteiger partial charge in [0, 0.05) is 16.3 Å². The predicted molar refractivity (Wildman–Crippen MR) is 98.4 cm³/mol. The standard InChI is InChI=1S/C17H19ClN2O4S/c1-12-4-3-5-15(8-12)20-17(21)10-19-25(22,23)11-13-9-14(18)6-7-16(13)24-2/h3-9,19H,10-11H2,1-2H3,(H,20,21). The van der Waals surface area contributed by atoms with E-state index in [1.54, 1.807) is 30.3 Å². The number of carbonyl (C=O) groups is 1. The van der Waals surface area contributed by atoms with Crippen molar-refractivity contribution in [3.05, 3.63) is 58.6 Å². The maximum absolute atomic E-state index is 12.2. The van der Waals surface area contributed by atoms with Crippen LogP contribution >= 0.6 is 11.6 Å². The van der Waals surface area contributed by atoms with Crippen molar-refractivity contribution in [1.29, 1.82) is 0 Å². The summed E-state index contributed by atoms with van der Waals surface area (Å²) in [7, 11) is -2.28. The van der Waals surface area contributed by atoms with Crippen LogP contribution in [0.1, 0.15) is 11.1 Å². The summed E-state index contributed by atoms with van der Waals surface area (Å²) < 4.78 is 31.8. The van der Waals surface area contributed by atoms with Crippen LogP contribution in [0, 0.1) is 6.92 Å². The van der Waals surface area contributed by atoms with Gasteiger partial charge in [-0.3, -0.25) is 4.79 Å². The molecule has 8 heteroatoms. The lowest BCUT2D eigenvalue weighted by molar-refractivity contribution is -0.115. The Balaban J connectivity index is 1.97. The van der Waals surface area contributed by atoms with E-state index in [1.807, 2.05) is 13.0 Å². The van der Waals surface area contributed by atoms with Crippen LogP contribution in [-0.4, -0.2) is 28.0 Å². The first-order valence-corrected chi connectivity index (χ1v) is 9.48. The molecule has 0 saturated carbocycles. The Kier molecular flexibility index (Phi) is 6.41. The molecule has 2 aromatic carbocycles. The zero-order valence-corrected chi connectivity index (χ0v) is 15.4. The molecule has 0 aliphatic rings. The molecule has 0 spiro atoms. The van der Waals surface area contributed by atoms with Gasteiger partial charge in [0.15, 0.2) is 0 Å². The van der Waals surface area contributed by atoms with Crippen molar-refractivity contribution in [2.75, 3.05) is 19.0 Å². The van der Waals surface area contributed by atoms with Crippen LogP contribution in [-0.2, 0) is 20.6 Å². The Labute approximate surface area is 152 Å². The molecular formula is C17H19ClN2O4S. The number of hydrogen-bond acceptors (Lipinski definition) is 4. The minimum atomic E-state index is -3.73. The zero-order chi connectivity index (χ0) is 18.4. The van der Waals surface area contributed by atoms with Gasteiger partial charge in [-0.25, -0.2) is 13.1 Å². The predicted octanol–water partition coefficient (Wildman–Crippen LogP) is 2.72. The number of aryl methyl sites for hydroxylation is 1. The van der Waals surface area contributed by atoms with E-state index in [2.05, 4.69) is 10.0 Å². The van der Waals surface area contributed by atoms with Gasteiger partial charge in [0.2, 0.25) is 15.9 Å². The van der Waals surface area contributed by atoms with E-state index in [1.165, 1.54) is 13.2 Å². The number of sulfonamides is 1. The van der Waals surface area contributed by atoms with Gasteiger partial charge in [0.25, 0.3) is 0 Å². The van der Waals surface area contributed by atoms with Gasteiger partial charge in [-0.15, -0.1) is 0 Å². The number of hydrogen-bond donors (Lipinski definition) is 2. The van der Waals surface area contributed by atoms with Crippen LogP contribution in [0.15, 0.2) is 42.5 Å². The third kappa shape index (κ3) is 6.04. The number of nitrogens with one attached hydrogen (secondary N) is 2. The quantitative estimate of drug-likeness (QED) is 0.771. The monoisotopic (exact) mass is 382 g/mol. The summed E-state index contributed by atoms with van der Waals surface area (Å²) in [6.45, 7) is 1.54. The van der Waals surface area contributed by atoms with Crippen molar-refractivity contribution in [3.63, 3.8) is 0 Å². The molecule has 0 heterocycles. The second-order valence-corrected chi connectivity index (χ2v) is 7.70. The first-order chi connectivity index (χ1) is 11.8. The lowest BCUT2D eigenvalue weighted by atomic mass is 10.2. The van der Waals surface area contributed by atoms with Gasteiger partial charge < -0.3 is 10.1 Å². The lowest BCUT2D eigenvalue weighted by Gasteiger charge is -2.11. The fourth-order valence-corrected chi connectivity index (χ4v) is 3.50. The van der Waals surface area contributed by atoms with Gasteiger partial charge in [-0.1, -0.05) is 23.7 Å². The Bertz CT molecular complexity index is 869. The normalized spacial score (nSPS) is 11.2. The average Bonchev–Trinajstić information content (AvgIpc) is 2.53. The third-order valence-electron chi connectivity index (χ3n) is 3.34. The highest BCUT2D eigenvalue weighted by Gasteiger charge is 2.17. The molecule has 0 bridgehead atoms. The van der Waals surface area contributed by atoms with E-state index in [0.29, 0.717) is 22.0 Å². The van der Waals surface area contributed by atoms with Crippen LogP contribution in [0.25, 0.3) is 0 Å². The molecule has 0 aliphatic heterocycles. The summed E-state index contributed by atoms with van der Waals surface area (Å²) in [4.78, 5) is 11.9. The van der Waals surface area contributed by atoms with Gasteiger partial charge in [0.1, 0.15) is 5.75 Å². The van der Waals surface area contributed by atoms with E-state index >= 15 is 0 Å². The summed E-state index contributed by atoms with van der Waals surface area (Å²) in [5.74, 6) is -0.375. The molecule has 2 N–H and O–H groups in total. The Morgan fingerprint density at radius 1 is 1.20 bits per heavy atom. The molecule has 0 aromatic heterocycles. The first kappa shape index (κ1) is 19.2. The van der Waals surface area contributed by atoms with Gasteiger partial charge in [0.05, 0.1) is 19.4 Å².